The van der Waals surface area contributed by atoms with Crippen LogP contribution in [0.15, 0.2) is 0 Å². The van der Waals surface area contributed by atoms with Gasteiger partial charge in [-0.2, -0.15) is 13.2 Å². The summed E-state index contributed by atoms with van der Waals surface area (Å²) in [6, 6.07) is 0. The molecule has 0 aromatic rings. The smallest absolute Gasteiger partial charge is 0.327 e. The number of alkyl halides is 3. The van der Waals surface area contributed by atoms with Crippen molar-refractivity contribution in [1.29, 1.82) is 0 Å². The van der Waals surface area contributed by atoms with Crippen molar-refractivity contribution in [3.63, 3.8) is 0 Å². The molecule has 92 valence electrons. The molecule has 2 nitrogen and oxygen atoms in total. The molecule has 0 aliphatic heterocycles. The van der Waals surface area contributed by atoms with E-state index >= 15 is 0 Å². The summed E-state index contributed by atoms with van der Waals surface area (Å²) in [6.45, 7) is 7.34. The van der Waals surface area contributed by atoms with Gasteiger partial charge in [0, 0.05) is 0 Å². The fraction of sp³-hybridized carbons (Fsp3) is 1.00. The maximum atomic E-state index is 12.4. The number of hydrogen-bond acceptors (Lipinski definition) is 2. The van der Waals surface area contributed by atoms with Crippen LogP contribution in [0.5, 0.6) is 0 Å². The van der Waals surface area contributed by atoms with Crippen molar-refractivity contribution in [2.45, 2.75) is 33.6 Å². The summed E-state index contributed by atoms with van der Waals surface area (Å²) >= 11 is 0. The van der Waals surface area contributed by atoms with E-state index in [1.54, 1.807) is 27.7 Å². The Balaban J connectivity index is 4.08. The van der Waals surface area contributed by atoms with E-state index in [-0.39, 0.29) is 25.0 Å². The van der Waals surface area contributed by atoms with Gasteiger partial charge in [-0.05, 0) is 11.8 Å². The zero-order valence-electron chi connectivity index (χ0n) is 9.47. The lowest BCUT2D eigenvalue weighted by molar-refractivity contribution is -0.0646. The highest BCUT2D eigenvalue weighted by molar-refractivity contribution is 7.48. The molecule has 0 saturated heterocycles. The third kappa shape index (κ3) is 8.00. The average molecular weight is 246 g/mol. The standard InChI is InChI=1S/C9H18F3O2P/c1-7(2)5-13-15(9(10,11)12)14-6-8(3)4/h7-8H,5-6H2,1-4H3. The van der Waals surface area contributed by atoms with Crippen LogP contribution in [0.25, 0.3) is 0 Å². The molecule has 0 aromatic heterocycles. The van der Waals surface area contributed by atoms with E-state index in [1.807, 2.05) is 0 Å². The molecule has 0 radical (unpaired) electrons. The van der Waals surface area contributed by atoms with E-state index in [0.29, 0.717) is 0 Å². The maximum Gasteiger partial charge on any atom is 0.458 e. The second-order valence-corrected chi connectivity index (χ2v) is 5.64. The summed E-state index contributed by atoms with van der Waals surface area (Å²) in [4.78, 5) is 0. The van der Waals surface area contributed by atoms with Crippen LogP contribution in [0.3, 0.4) is 0 Å². The van der Waals surface area contributed by atoms with Crippen LogP contribution in [-0.2, 0) is 9.05 Å². The quantitative estimate of drug-likeness (QED) is 0.655. The summed E-state index contributed by atoms with van der Waals surface area (Å²) in [5, 5.41) is 0. The van der Waals surface area contributed by atoms with Gasteiger partial charge in [0.05, 0.1) is 13.2 Å². The van der Waals surface area contributed by atoms with Crippen molar-refractivity contribution in [3.05, 3.63) is 0 Å². The molecule has 0 rings (SSSR count). The maximum absolute atomic E-state index is 12.4. The van der Waals surface area contributed by atoms with Crippen molar-refractivity contribution in [1.82, 2.24) is 0 Å². The Hall–Kier alpha value is 0.140. The Morgan fingerprint density at radius 3 is 1.47 bits per heavy atom. The van der Waals surface area contributed by atoms with Gasteiger partial charge in [0.15, 0.2) is 0 Å². The third-order valence-corrected chi connectivity index (χ3v) is 2.44. The first-order valence-corrected chi connectivity index (χ1v) is 6.04. The molecule has 15 heavy (non-hydrogen) atoms. The van der Waals surface area contributed by atoms with Crippen molar-refractivity contribution < 1.29 is 22.2 Å². The van der Waals surface area contributed by atoms with Crippen LogP contribution in [0.4, 0.5) is 13.2 Å². The van der Waals surface area contributed by atoms with E-state index < -0.39 is 14.3 Å². The predicted octanol–water partition coefficient (Wildman–Crippen LogP) is 4.16. The van der Waals surface area contributed by atoms with Crippen molar-refractivity contribution in [2.75, 3.05) is 13.2 Å². The Bertz CT molecular complexity index is 159. The fourth-order valence-corrected chi connectivity index (χ4v) is 1.85. The van der Waals surface area contributed by atoms with Gasteiger partial charge in [0.2, 0.25) is 0 Å². The van der Waals surface area contributed by atoms with E-state index in [0.717, 1.165) is 0 Å². The van der Waals surface area contributed by atoms with E-state index in [2.05, 4.69) is 0 Å². The highest BCUT2D eigenvalue weighted by Crippen LogP contribution is 2.55. The van der Waals surface area contributed by atoms with Gasteiger partial charge >= 0.3 is 5.92 Å². The van der Waals surface area contributed by atoms with E-state index in [9.17, 15) is 13.2 Å². The van der Waals surface area contributed by atoms with Crippen LogP contribution in [-0.4, -0.2) is 19.1 Å². The zero-order chi connectivity index (χ0) is 12.1. The van der Waals surface area contributed by atoms with Crippen LogP contribution in [0.2, 0.25) is 0 Å². The summed E-state index contributed by atoms with van der Waals surface area (Å²) in [6.07, 6.45) is 0. The molecule has 0 bridgehead atoms. The summed E-state index contributed by atoms with van der Waals surface area (Å²) in [7, 11) is -2.77. The Kier molecular flexibility index (Phi) is 6.73. The van der Waals surface area contributed by atoms with Gasteiger partial charge in [-0.25, -0.2) is 0 Å². The predicted molar refractivity (Wildman–Crippen MR) is 54.6 cm³/mol. The minimum Gasteiger partial charge on any atom is -0.327 e. The largest absolute Gasteiger partial charge is 0.458 e. The fourth-order valence-electron chi connectivity index (χ4n) is 0.617. The Labute approximate surface area is 90.1 Å². The lowest BCUT2D eigenvalue weighted by Gasteiger charge is -2.21. The van der Waals surface area contributed by atoms with Crippen LogP contribution in [0, 0.1) is 11.8 Å². The molecule has 0 aromatic carbocycles. The molecular weight excluding hydrogens is 228 g/mol. The molecule has 6 heteroatoms. The van der Waals surface area contributed by atoms with Crippen LogP contribution >= 0.6 is 8.38 Å². The normalized spacial score (nSPS) is 13.2. The molecule has 0 aliphatic rings. The molecule has 0 spiro atoms. The van der Waals surface area contributed by atoms with Gasteiger partial charge in [-0.1, -0.05) is 27.7 Å². The monoisotopic (exact) mass is 246 g/mol. The molecule has 0 N–H and O–H groups in total. The van der Waals surface area contributed by atoms with Gasteiger partial charge in [-0.3, -0.25) is 0 Å². The molecule has 0 unspecified atom stereocenters. The number of rotatable bonds is 6. The lowest BCUT2D eigenvalue weighted by atomic mass is 10.2. The summed E-state index contributed by atoms with van der Waals surface area (Å²) < 4.78 is 46.7. The van der Waals surface area contributed by atoms with Gasteiger partial charge < -0.3 is 9.05 Å². The first kappa shape index (κ1) is 15.1. The Morgan fingerprint density at radius 2 is 1.27 bits per heavy atom. The van der Waals surface area contributed by atoms with Crippen molar-refractivity contribution in [2.24, 2.45) is 11.8 Å². The summed E-state index contributed by atoms with van der Waals surface area (Å²) in [5.74, 6) is -4.25. The number of hydrogen-bond donors (Lipinski definition) is 0. The van der Waals surface area contributed by atoms with Crippen LogP contribution in [0.1, 0.15) is 27.7 Å². The lowest BCUT2D eigenvalue weighted by Crippen LogP contribution is -2.14. The van der Waals surface area contributed by atoms with Gasteiger partial charge in [0.25, 0.3) is 8.38 Å². The molecule has 0 heterocycles. The molecule has 0 saturated carbocycles. The topological polar surface area (TPSA) is 18.5 Å². The highest BCUT2D eigenvalue weighted by atomic mass is 31.2. The molecular formula is C9H18F3O2P. The molecule has 0 aliphatic carbocycles. The minimum atomic E-state index is -4.39. The Morgan fingerprint density at radius 1 is 0.933 bits per heavy atom. The van der Waals surface area contributed by atoms with Gasteiger partial charge in [-0.15, -0.1) is 0 Å². The molecule has 0 fully saturated rings. The second kappa shape index (κ2) is 6.66. The van der Waals surface area contributed by atoms with Crippen molar-refractivity contribution in [3.8, 4) is 0 Å². The highest BCUT2D eigenvalue weighted by Gasteiger charge is 2.43. The second-order valence-electron chi connectivity index (χ2n) is 4.10. The summed E-state index contributed by atoms with van der Waals surface area (Å²) in [5.41, 5.74) is 0. The first-order chi connectivity index (χ1) is 6.73. The molecule has 0 atom stereocenters. The van der Waals surface area contributed by atoms with E-state index in [4.69, 9.17) is 9.05 Å². The first-order valence-electron chi connectivity index (χ1n) is 4.86. The third-order valence-electron chi connectivity index (χ3n) is 1.26. The van der Waals surface area contributed by atoms with Gasteiger partial charge in [0.1, 0.15) is 0 Å². The van der Waals surface area contributed by atoms with E-state index in [1.165, 1.54) is 0 Å². The number of halogens is 3. The zero-order valence-corrected chi connectivity index (χ0v) is 10.4. The average Bonchev–Trinajstić information content (AvgIpc) is 2.00. The van der Waals surface area contributed by atoms with Crippen LogP contribution < -0.4 is 0 Å². The minimum absolute atomic E-state index is 0.0694. The molecule has 0 amide bonds. The van der Waals surface area contributed by atoms with Crippen molar-refractivity contribution >= 4 is 8.38 Å². The SMILES string of the molecule is CC(C)COP(OCC(C)C)C(F)(F)F.